The summed E-state index contributed by atoms with van der Waals surface area (Å²) in [6, 6.07) is 8.41. The Morgan fingerprint density at radius 3 is 2.41 bits per heavy atom. The van der Waals surface area contributed by atoms with Crippen molar-refractivity contribution in [3.8, 4) is 0 Å². The summed E-state index contributed by atoms with van der Waals surface area (Å²) in [7, 11) is 1.98. The average molecular weight is 341 g/mol. The van der Waals surface area contributed by atoms with Crippen molar-refractivity contribution < 1.29 is 0 Å². The van der Waals surface area contributed by atoms with E-state index in [1.807, 2.05) is 11.7 Å². The highest BCUT2D eigenvalue weighted by Gasteiger charge is 2.08. The van der Waals surface area contributed by atoms with Crippen LogP contribution in [0.1, 0.15) is 17.0 Å². The minimum absolute atomic E-state index is 0.825. The number of aryl methyl sites for hydroxylation is 2. The third kappa shape index (κ3) is 2.80. The summed E-state index contributed by atoms with van der Waals surface area (Å²) in [6.45, 7) is 4.98. The molecule has 1 aromatic carbocycles. The van der Waals surface area contributed by atoms with Crippen molar-refractivity contribution in [3.63, 3.8) is 0 Å². The largest absolute Gasteiger partial charge is 0.381 e. The van der Waals surface area contributed by atoms with Crippen molar-refractivity contribution in [2.75, 3.05) is 5.32 Å². The second-order valence-corrected chi connectivity index (χ2v) is 5.38. The van der Waals surface area contributed by atoms with Crippen LogP contribution in [-0.4, -0.2) is 9.78 Å². The summed E-state index contributed by atoms with van der Waals surface area (Å²) in [4.78, 5) is 0. The standard InChI is InChI=1S/C13H16IN3/c1-9-13(10(2)17(3)16-9)8-15-12-6-4-11(14)5-7-12/h4-7,15H,8H2,1-3H3. The second kappa shape index (κ2) is 5.08. The first-order chi connectivity index (χ1) is 8.08. The fourth-order valence-corrected chi connectivity index (χ4v) is 2.19. The van der Waals surface area contributed by atoms with Gasteiger partial charge in [-0.3, -0.25) is 4.68 Å². The number of hydrogen-bond donors (Lipinski definition) is 1. The van der Waals surface area contributed by atoms with Gasteiger partial charge >= 0.3 is 0 Å². The number of aromatic nitrogens is 2. The van der Waals surface area contributed by atoms with E-state index in [1.165, 1.54) is 14.8 Å². The molecule has 90 valence electrons. The lowest BCUT2D eigenvalue weighted by Crippen LogP contribution is -2.02. The molecule has 0 unspecified atom stereocenters. The van der Waals surface area contributed by atoms with E-state index in [-0.39, 0.29) is 0 Å². The van der Waals surface area contributed by atoms with Crippen LogP contribution in [0.5, 0.6) is 0 Å². The van der Waals surface area contributed by atoms with Gasteiger partial charge in [-0.05, 0) is 60.7 Å². The number of rotatable bonds is 3. The fourth-order valence-electron chi connectivity index (χ4n) is 1.83. The smallest absolute Gasteiger partial charge is 0.0646 e. The van der Waals surface area contributed by atoms with Crippen molar-refractivity contribution in [2.24, 2.45) is 7.05 Å². The van der Waals surface area contributed by atoms with Crippen LogP contribution in [0.4, 0.5) is 5.69 Å². The van der Waals surface area contributed by atoms with E-state index in [0.717, 1.165) is 17.9 Å². The van der Waals surface area contributed by atoms with E-state index in [2.05, 4.69) is 71.1 Å². The molecule has 1 heterocycles. The minimum atomic E-state index is 0.825. The Morgan fingerprint density at radius 1 is 1.24 bits per heavy atom. The molecule has 4 heteroatoms. The van der Waals surface area contributed by atoms with Crippen molar-refractivity contribution in [1.82, 2.24) is 9.78 Å². The van der Waals surface area contributed by atoms with Gasteiger partial charge in [0.25, 0.3) is 0 Å². The molecule has 0 fully saturated rings. The van der Waals surface area contributed by atoms with Gasteiger partial charge in [0.05, 0.1) is 5.69 Å². The SMILES string of the molecule is Cc1nn(C)c(C)c1CNc1ccc(I)cc1. The van der Waals surface area contributed by atoms with Gasteiger partial charge < -0.3 is 5.32 Å². The highest BCUT2D eigenvalue weighted by Crippen LogP contribution is 2.16. The molecule has 0 bridgehead atoms. The zero-order chi connectivity index (χ0) is 12.4. The number of anilines is 1. The molecular weight excluding hydrogens is 325 g/mol. The van der Waals surface area contributed by atoms with Gasteiger partial charge in [-0.2, -0.15) is 5.10 Å². The monoisotopic (exact) mass is 341 g/mol. The van der Waals surface area contributed by atoms with Crippen molar-refractivity contribution in [3.05, 3.63) is 44.8 Å². The van der Waals surface area contributed by atoms with Gasteiger partial charge in [0.15, 0.2) is 0 Å². The van der Waals surface area contributed by atoms with Crippen LogP contribution < -0.4 is 5.32 Å². The first-order valence-electron chi connectivity index (χ1n) is 5.56. The maximum absolute atomic E-state index is 4.41. The Balaban J connectivity index is 2.09. The Morgan fingerprint density at radius 2 is 1.88 bits per heavy atom. The van der Waals surface area contributed by atoms with Gasteiger partial charge in [-0.1, -0.05) is 0 Å². The highest BCUT2D eigenvalue weighted by molar-refractivity contribution is 14.1. The van der Waals surface area contributed by atoms with Gasteiger partial charge in [0.2, 0.25) is 0 Å². The fraction of sp³-hybridized carbons (Fsp3) is 0.308. The molecule has 0 aliphatic rings. The lowest BCUT2D eigenvalue weighted by Gasteiger charge is -2.07. The van der Waals surface area contributed by atoms with Crippen LogP contribution in [0, 0.1) is 17.4 Å². The molecule has 2 aromatic rings. The van der Waals surface area contributed by atoms with Crippen molar-refractivity contribution in [2.45, 2.75) is 20.4 Å². The molecule has 0 aliphatic heterocycles. The molecule has 0 spiro atoms. The minimum Gasteiger partial charge on any atom is -0.381 e. The zero-order valence-corrected chi connectivity index (χ0v) is 12.4. The predicted molar refractivity (Wildman–Crippen MR) is 79.2 cm³/mol. The average Bonchev–Trinajstić information content (AvgIpc) is 2.54. The van der Waals surface area contributed by atoms with Crippen LogP contribution in [-0.2, 0) is 13.6 Å². The van der Waals surface area contributed by atoms with Gasteiger partial charge in [-0.25, -0.2) is 0 Å². The van der Waals surface area contributed by atoms with E-state index in [0.29, 0.717) is 0 Å². The van der Waals surface area contributed by atoms with Gasteiger partial charge in [0.1, 0.15) is 0 Å². The van der Waals surface area contributed by atoms with Crippen LogP contribution in [0.15, 0.2) is 24.3 Å². The second-order valence-electron chi connectivity index (χ2n) is 4.13. The van der Waals surface area contributed by atoms with Crippen LogP contribution in [0.25, 0.3) is 0 Å². The van der Waals surface area contributed by atoms with Crippen molar-refractivity contribution in [1.29, 1.82) is 0 Å². The summed E-state index contributed by atoms with van der Waals surface area (Å²) >= 11 is 2.31. The number of nitrogens with zero attached hydrogens (tertiary/aromatic N) is 2. The van der Waals surface area contributed by atoms with Gasteiger partial charge in [-0.15, -0.1) is 0 Å². The zero-order valence-electron chi connectivity index (χ0n) is 10.3. The number of nitrogens with one attached hydrogen (secondary N) is 1. The van der Waals surface area contributed by atoms with E-state index in [4.69, 9.17) is 0 Å². The predicted octanol–water partition coefficient (Wildman–Crippen LogP) is 3.25. The number of benzene rings is 1. The maximum Gasteiger partial charge on any atom is 0.0646 e. The van der Waals surface area contributed by atoms with Crippen molar-refractivity contribution >= 4 is 28.3 Å². The van der Waals surface area contributed by atoms with E-state index in [9.17, 15) is 0 Å². The van der Waals surface area contributed by atoms with E-state index >= 15 is 0 Å². The molecule has 0 aliphatic carbocycles. The molecule has 1 N–H and O–H groups in total. The van der Waals surface area contributed by atoms with Crippen LogP contribution in [0.3, 0.4) is 0 Å². The summed E-state index contributed by atoms with van der Waals surface area (Å²) in [6.07, 6.45) is 0. The lowest BCUT2D eigenvalue weighted by atomic mass is 10.2. The molecule has 1 aromatic heterocycles. The lowest BCUT2D eigenvalue weighted by molar-refractivity contribution is 0.730. The van der Waals surface area contributed by atoms with Crippen LogP contribution >= 0.6 is 22.6 Å². The van der Waals surface area contributed by atoms with Crippen LogP contribution in [0.2, 0.25) is 0 Å². The molecule has 3 nitrogen and oxygen atoms in total. The quantitative estimate of drug-likeness (QED) is 0.869. The van der Waals surface area contributed by atoms with Gasteiger partial charge in [0, 0.05) is 34.1 Å². The Hall–Kier alpha value is -1.04. The third-order valence-electron chi connectivity index (χ3n) is 2.97. The summed E-state index contributed by atoms with van der Waals surface area (Å²) in [5, 5.41) is 7.84. The summed E-state index contributed by atoms with van der Waals surface area (Å²) < 4.78 is 3.18. The Bertz CT molecular complexity index is 514. The molecule has 2 rings (SSSR count). The third-order valence-corrected chi connectivity index (χ3v) is 3.69. The van der Waals surface area contributed by atoms with E-state index < -0.39 is 0 Å². The Labute approximate surface area is 115 Å². The summed E-state index contributed by atoms with van der Waals surface area (Å²) in [5.74, 6) is 0. The first-order valence-corrected chi connectivity index (χ1v) is 6.64. The van der Waals surface area contributed by atoms with E-state index in [1.54, 1.807) is 0 Å². The topological polar surface area (TPSA) is 29.9 Å². The molecule has 0 saturated heterocycles. The molecule has 0 radical (unpaired) electrons. The maximum atomic E-state index is 4.41. The number of halogens is 1. The molecule has 0 atom stereocenters. The number of hydrogen-bond acceptors (Lipinski definition) is 2. The molecular formula is C13H16IN3. The summed E-state index contributed by atoms with van der Waals surface area (Å²) in [5.41, 5.74) is 4.75. The highest BCUT2D eigenvalue weighted by atomic mass is 127. The molecule has 0 saturated carbocycles. The molecule has 0 amide bonds. The Kier molecular flexibility index (Phi) is 3.71. The first kappa shape index (κ1) is 12.4. The normalized spacial score (nSPS) is 10.6. The molecule has 17 heavy (non-hydrogen) atoms.